The fourth-order valence-corrected chi connectivity index (χ4v) is 2.31. The van der Waals surface area contributed by atoms with Crippen LogP contribution in [0.5, 0.6) is 0 Å². The van der Waals surface area contributed by atoms with Crippen molar-refractivity contribution in [3.05, 3.63) is 60.9 Å². The van der Waals surface area contributed by atoms with Crippen molar-refractivity contribution in [2.75, 3.05) is 5.32 Å². The van der Waals surface area contributed by atoms with Crippen molar-refractivity contribution >= 4 is 5.69 Å². The molecule has 5 nitrogen and oxygen atoms in total. The lowest BCUT2D eigenvalue weighted by atomic mass is 10.2. The van der Waals surface area contributed by atoms with Crippen LogP contribution in [0.4, 0.5) is 5.69 Å². The van der Waals surface area contributed by atoms with Crippen LogP contribution in [0.1, 0.15) is 25.6 Å². The summed E-state index contributed by atoms with van der Waals surface area (Å²) in [6.45, 7) is 5.06. The summed E-state index contributed by atoms with van der Waals surface area (Å²) in [7, 11) is 0. The molecule has 2 aromatic heterocycles. The Bertz CT molecular complexity index is 697. The highest BCUT2D eigenvalue weighted by Gasteiger charge is 2.05. The van der Waals surface area contributed by atoms with E-state index in [0.717, 1.165) is 17.9 Å². The second-order valence-electron chi connectivity index (χ2n) is 5.24. The molecule has 0 amide bonds. The van der Waals surface area contributed by atoms with Gasteiger partial charge < -0.3 is 9.88 Å². The lowest BCUT2D eigenvalue weighted by Gasteiger charge is -2.13. The highest BCUT2D eigenvalue weighted by Crippen LogP contribution is 2.16. The maximum atomic E-state index is 4.25. The summed E-state index contributed by atoms with van der Waals surface area (Å²) < 4.78 is 4.02. The number of rotatable bonds is 5. The van der Waals surface area contributed by atoms with Crippen LogP contribution in [0, 0.1) is 0 Å². The minimum absolute atomic E-state index is 0.416. The largest absolute Gasteiger partial charge is 0.379 e. The van der Waals surface area contributed by atoms with Crippen molar-refractivity contribution < 1.29 is 0 Å². The number of anilines is 1. The van der Waals surface area contributed by atoms with Gasteiger partial charge in [0.2, 0.25) is 0 Å². The van der Waals surface area contributed by atoms with Crippen LogP contribution in [0.15, 0.2) is 55.2 Å². The van der Waals surface area contributed by atoms with Crippen LogP contribution in [0.2, 0.25) is 0 Å². The van der Waals surface area contributed by atoms with Gasteiger partial charge in [-0.2, -0.15) is 5.10 Å². The molecule has 0 bridgehead atoms. The minimum atomic E-state index is 0.416. The molecule has 0 saturated heterocycles. The Morgan fingerprint density at radius 2 is 2.14 bits per heavy atom. The second-order valence-corrected chi connectivity index (χ2v) is 5.24. The lowest BCUT2D eigenvalue weighted by molar-refractivity contribution is 0.577. The van der Waals surface area contributed by atoms with E-state index in [2.05, 4.69) is 45.9 Å². The molecule has 0 aliphatic rings. The number of nitrogens with one attached hydrogen (secondary N) is 1. The third-order valence-corrected chi connectivity index (χ3v) is 3.39. The quantitative estimate of drug-likeness (QED) is 0.781. The van der Waals surface area contributed by atoms with Gasteiger partial charge in [-0.3, -0.25) is 0 Å². The van der Waals surface area contributed by atoms with E-state index in [1.165, 1.54) is 5.69 Å². The monoisotopic (exact) mass is 281 g/mol. The van der Waals surface area contributed by atoms with Gasteiger partial charge in [-0.1, -0.05) is 6.07 Å². The summed E-state index contributed by atoms with van der Waals surface area (Å²) in [6, 6.07) is 10.5. The molecular formula is C16H19N5. The van der Waals surface area contributed by atoms with Gasteiger partial charge in [-0.15, -0.1) is 0 Å². The van der Waals surface area contributed by atoms with Crippen LogP contribution in [-0.4, -0.2) is 19.3 Å². The van der Waals surface area contributed by atoms with Gasteiger partial charge >= 0.3 is 0 Å². The highest BCUT2D eigenvalue weighted by atomic mass is 15.3. The normalized spacial score (nSPS) is 11.0. The number of hydrogen-bond acceptors (Lipinski definition) is 3. The van der Waals surface area contributed by atoms with E-state index >= 15 is 0 Å². The Kier molecular flexibility index (Phi) is 3.73. The van der Waals surface area contributed by atoms with E-state index < -0.39 is 0 Å². The molecule has 0 spiro atoms. The molecule has 0 atom stereocenters. The summed E-state index contributed by atoms with van der Waals surface area (Å²) in [5, 5.41) is 7.69. The Morgan fingerprint density at radius 1 is 1.24 bits per heavy atom. The number of nitrogens with zero attached hydrogens (tertiary/aromatic N) is 4. The van der Waals surface area contributed by atoms with Gasteiger partial charge in [-0.25, -0.2) is 9.67 Å². The molecular weight excluding hydrogens is 262 g/mol. The first-order chi connectivity index (χ1) is 10.2. The zero-order valence-electron chi connectivity index (χ0n) is 12.3. The zero-order chi connectivity index (χ0) is 14.7. The van der Waals surface area contributed by atoms with Gasteiger partial charge in [-0.05, 0) is 38.1 Å². The molecule has 0 aliphatic carbocycles. The molecule has 0 radical (unpaired) electrons. The van der Waals surface area contributed by atoms with Crippen LogP contribution < -0.4 is 5.32 Å². The van der Waals surface area contributed by atoms with Crippen LogP contribution >= 0.6 is 0 Å². The van der Waals surface area contributed by atoms with Crippen molar-refractivity contribution in [3.8, 4) is 5.69 Å². The summed E-state index contributed by atoms with van der Waals surface area (Å²) in [6.07, 6.45) is 7.50. The molecule has 5 heteroatoms. The maximum absolute atomic E-state index is 4.25. The van der Waals surface area contributed by atoms with Crippen LogP contribution in [0.3, 0.4) is 0 Å². The van der Waals surface area contributed by atoms with Gasteiger partial charge in [0.25, 0.3) is 0 Å². The van der Waals surface area contributed by atoms with Crippen molar-refractivity contribution in [2.24, 2.45) is 0 Å². The Hall–Kier alpha value is -2.56. The lowest BCUT2D eigenvalue weighted by Crippen LogP contribution is -2.09. The van der Waals surface area contributed by atoms with Crippen LogP contribution in [0.25, 0.3) is 5.69 Å². The smallest absolute Gasteiger partial charge is 0.0951 e. The van der Waals surface area contributed by atoms with E-state index in [4.69, 9.17) is 0 Å². The Labute approximate surface area is 124 Å². The summed E-state index contributed by atoms with van der Waals surface area (Å²) in [5.41, 5.74) is 3.29. The molecule has 0 unspecified atom stereocenters. The topological polar surface area (TPSA) is 47.7 Å². The maximum Gasteiger partial charge on any atom is 0.0951 e. The average molecular weight is 281 g/mol. The Morgan fingerprint density at radius 3 is 2.90 bits per heavy atom. The summed E-state index contributed by atoms with van der Waals surface area (Å²) >= 11 is 0. The standard InChI is InChI=1S/C16H19N5/c1-13(2)20-12-17-10-16(20)11-18-14-5-3-6-15(9-14)21-8-4-7-19-21/h3-10,12-13,18H,11H2,1-2H3. The predicted molar refractivity (Wildman–Crippen MR) is 83.5 cm³/mol. The average Bonchev–Trinajstić information content (AvgIpc) is 3.16. The van der Waals surface area contributed by atoms with Gasteiger partial charge in [0.05, 0.1) is 24.3 Å². The SMILES string of the molecule is CC(C)n1cncc1CNc1cccc(-n2cccn2)c1. The van der Waals surface area contributed by atoms with Gasteiger partial charge in [0, 0.05) is 30.3 Å². The van der Waals surface area contributed by atoms with Crippen molar-refractivity contribution in [1.82, 2.24) is 19.3 Å². The first-order valence-corrected chi connectivity index (χ1v) is 7.08. The van der Waals surface area contributed by atoms with Crippen LogP contribution in [-0.2, 0) is 6.54 Å². The molecule has 0 fully saturated rings. The zero-order valence-corrected chi connectivity index (χ0v) is 12.3. The Balaban J connectivity index is 1.74. The third kappa shape index (κ3) is 2.97. The third-order valence-electron chi connectivity index (χ3n) is 3.39. The summed E-state index contributed by atoms with van der Waals surface area (Å²) in [5.74, 6) is 0. The van der Waals surface area contributed by atoms with E-state index in [1.807, 2.05) is 41.6 Å². The molecule has 1 aromatic carbocycles. The van der Waals surface area contributed by atoms with Crippen molar-refractivity contribution in [1.29, 1.82) is 0 Å². The summed E-state index contributed by atoms with van der Waals surface area (Å²) in [4.78, 5) is 4.22. The molecule has 0 saturated carbocycles. The molecule has 21 heavy (non-hydrogen) atoms. The number of benzene rings is 1. The number of hydrogen-bond donors (Lipinski definition) is 1. The van der Waals surface area contributed by atoms with Crippen molar-refractivity contribution in [2.45, 2.75) is 26.4 Å². The fraction of sp³-hybridized carbons (Fsp3) is 0.250. The molecule has 0 aliphatic heterocycles. The van der Waals surface area contributed by atoms with E-state index in [-0.39, 0.29) is 0 Å². The van der Waals surface area contributed by atoms with E-state index in [9.17, 15) is 0 Å². The number of aromatic nitrogens is 4. The molecule has 108 valence electrons. The molecule has 3 rings (SSSR count). The van der Waals surface area contributed by atoms with E-state index in [1.54, 1.807) is 6.20 Å². The first kappa shape index (κ1) is 13.4. The second kappa shape index (κ2) is 5.83. The molecule has 1 N–H and O–H groups in total. The molecule has 3 aromatic rings. The van der Waals surface area contributed by atoms with E-state index in [0.29, 0.717) is 6.04 Å². The highest BCUT2D eigenvalue weighted by molar-refractivity contribution is 5.50. The van der Waals surface area contributed by atoms with Crippen molar-refractivity contribution in [3.63, 3.8) is 0 Å². The minimum Gasteiger partial charge on any atom is -0.379 e. The predicted octanol–water partition coefficient (Wildman–Crippen LogP) is 3.26. The van der Waals surface area contributed by atoms with Gasteiger partial charge in [0.15, 0.2) is 0 Å². The number of imidazole rings is 1. The fourth-order valence-electron chi connectivity index (χ4n) is 2.31. The molecule has 2 heterocycles. The first-order valence-electron chi connectivity index (χ1n) is 7.08. The van der Waals surface area contributed by atoms with Gasteiger partial charge in [0.1, 0.15) is 0 Å².